The van der Waals surface area contributed by atoms with Gasteiger partial charge in [0.25, 0.3) is 0 Å². The topological polar surface area (TPSA) is 62.1 Å². The monoisotopic (exact) mass is 235 g/mol. The Labute approximate surface area is 102 Å². The summed E-state index contributed by atoms with van der Waals surface area (Å²) in [5.74, 6) is 0.165. The number of nitrogens with two attached hydrogens (primary N) is 1. The smallest absolute Gasteiger partial charge is 0.228 e. The van der Waals surface area contributed by atoms with Crippen molar-refractivity contribution in [3.05, 3.63) is 24.0 Å². The second-order valence-electron chi connectivity index (χ2n) is 5.56. The molecule has 4 heteroatoms. The van der Waals surface area contributed by atoms with E-state index in [-0.39, 0.29) is 17.4 Å². The highest BCUT2D eigenvalue weighted by molar-refractivity contribution is 5.78. The number of amides is 1. The molecule has 0 saturated carbocycles. The van der Waals surface area contributed by atoms with Gasteiger partial charge in [-0.05, 0) is 24.0 Å². The Balaban J connectivity index is 1.93. The maximum absolute atomic E-state index is 12.1. The number of hydrogen-bond donors (Lipinski definition) is 2. The van der Waals surface area contributed by atoms with Gasteiger partial charge in [-0.3, -0.25) is 4.79 Å². The number of aromatic nitrogens is 1. The van der Waals surface area contributed by atoms with Crippen molar-refractivity contribution < 1.29 is 4.79 Å². The quantitative estimate of drug-likeness (QED) is 0.807. The molecular formula is C13H21N3O. The van der Waals surface area contributed by atoms with E-state index >= 15 is 0 Å². The summed E-state index contributed by atoms with van der Waals surface area (Å²) in [6, 6.07) is 3.92. The van der Waals surface area contributed by atoms with Crippen LogP contribution in [0.15, 0.2) is 18.3 Å². The number of aromatic amines is 1. The molecule has 1 aliphatic rings. The van der Waals surface area contributed by atoms with Crippen LogP contribution < -0.4 is 5.73 Å². The van der Waals surface area contributed by atoms with Gasteiger partial charge < -0.3 is 15.6 Å². The van der Waals surface area contributed by atoms with Crippen LogP contribution in [0.2, 0.25) is 0 Å². The summed E-state index contributed by atoms with van der Waals surface area (Å²) in [6.45, 7) is 5.84. The first kappa shape index (κ1) is 12.2. The minimum absolute atomic E-state index is 0.0730. The summed E-state index contributed by atoms with van der Waals surface area (Å²) in [5, 5.41) is 0. The maximum atomic E-state index is 12.1. The number of carbonyl (C=O) groups excluding carboxylic acids is 1. The Kier molecular flexibility index (Phi) is 3.24. The highest BCUT2D eigenvalue weighted by Gasteiger charge is 2.34. The minimum Gasteiger partial charge on any atom is -0.365 e. The van der Waals surface area contributed by atoms with Crippen LogP contribution in [0.4, 0.5) is 0 Å². The molecule has 0 bridgehead atoms. The first-order valence-corrected chi connectivity index (χ1v) is 6.15. The lowest BCUT2D eigenvalue weighted by Gasteiger charge is -2.42. The van der Waals surface area contributed by atoms with E-state index < -0.39 is 0 Å². The van der Waals surface area contributed by atoms with E-state index in [0.29, 0.717) is 13.0 Å². The normalized spacial score (nSPS) is 23.7. The number of H-pyrrole nitrogens is 1. The number of nitrogens with zero attached hydrogens (tertiary/aromatic N) is 1. The van der Waals surface area contributed by atoms with Crippen molar-refractivity contribution in [3.8, 4) is 0 Å². The van der Waals surface area contributed by atoms with Crippen LogP contribution in [-0.2, 0) is 11.2 Å². The lowest BCUT2D eigenvalue weighted by atomic mass is 9.78. The number of nitrogens with one attached hydrogen (secondary N) is 1. The second kappa shape index (κ2) is 4.53. The SMILES string of the molecule is CC1(C)CCN(C(=O)Cc2ccc[nH]2)CC1N. The fourth-order valence-corrected chi connectivity index (χ4v) is 2.16. The fraction of sp³-hybridized carbons (Fsp3) is 0.615. The van der Waals surface area contributed by atoms with E-state index in [1.54, 1.807) is 0 Å². The molecule has 3 N–H and O–H groups in total. The lowest BCUT2D eigenvalue weighted by molar-refractivity contribution is -0.133. The second-order valence-corrected chi connectivity index (χ2v) is 5.56. The molecule has 0 aromatic carbocycles. The van der Waals surface area contributed by atoms with E-state index in [2.05, 4.69) is 18.8 Å². The van der Waals surface area contributed by atoms with Gasteiger partial charge in [0, 0.05) is 31.0 Å². The average Bonchev–Trinajstić information content (AvgIpc) is 2.74. The Morgan fingerprint density at radius 3 is 3.00 bits per heavy atom. The summed E-state index contributed by atoms with van der Waals surface area (Å²) >= 11 is 0. The fourth-order valence-electron chi connectivity index (χ4n) is 2.16. The molecule has 1 unspecified atom stereocenters. The zero-order chi connectivity index (χ0) is 12.5. The highest BCUT2D eigenvalue weighted by Crippen LogP contribution is 2.29. The van der Waals surface area contributed by atoms with Crippen molar-refractivity contribution >= 4 is 5.91 Å². The van der Waals surface area contributed by atoms with Gasteiger partial charge in [-0.1, -0.05) is 13.8 Å². The Morgan fingerprint density at radius 2 is 2.41 bits per heavy atom. The number of piperidine rings is 1. The number of hydrogen-bond acceptors (Lipinski definition) is 2. The molecule has 0 radical (unpaired) electrons. The van der Waals surface area contributed by atoms with Crippen molar-refractivity contribution in [2.45, 2.75) is 32.7 Å². The molecule has 1 saturated heterocycles. The minimum atomic E-state index is 0.0730. The molecule has 2 rings (SSSR count). The van der Waals surface area contributed by atoms with Gasteiger partial charge in [-0.15, -0.1) is 0 Å². The van der Waals surface area contributed by atoms with Crippen LogP contribution in [-0.4, -0.2) is 34.9 Å². The summed E-state index contributed by atoms with van der Waals surface area (Å²) in [4.78, 5) is 17.0. The molecule has 2 heterocycles. The van der Waals surface area contributed by atoms with Gasteiger partial charge in [0.2, 0.25) is 5.91 Å². The predicted molar refractivity (Wildman–Crippen MR) is 67.5 cm³/mol. The largest absolute Gasteiger partial charge is 0.365 e. The number of rotatable bonds is 2. The van der Waals surface area contributed by atoms with Crippen LogP contribution in [0.5, 0.6) is 0 Å². The van der Waals surface area contributed by atoms with Crippen LogP contribution in [0.3, 0.4) is 0 Å². The average molecular weight is 235 g/mol. The molecule has 1 atom stereocenters. The molecule has 1 aliphatic heterocycles. The standard InChI is InChI=1S/C13H21N3O/c1-13(2)5-7-16(9-11(13)14)12(17)8-10-4-3-6-15-10/h3-4,6,11,15H,5,7-9,14H2,1-2H3. The van der Waals surface area contributed by atoms with Gasteiger partial charge in [-0.2, -0.15) is 0 Å². The van der Waals surface area contributed by atoms with Crippen molar-refractivity contribution in [2.24, 2.45) is 11.1 Å². The molecule has 1 amide bonds. The number of likely N-dealkylation sites (tertiary alicyclic amines) is 1. The van der Waals surface area contributed by atoms with E-state index in [1.807, 2.05) is 23.2 Å². The van der Waals surface area contributed by atoms with E-state index in [9.17, 15) is 4.79 Å². The van der Waals surface area contributed by atoms with Crippen molar-refractivity contribution in [3.63, 3.8) is 0 Å². The van der Waals surface area contributed by atoms with Crippen molar-refractivity contribution in [1.29, 1.82) is 0 Å². The Bertz CT molecular complexity index is 383. The molecule has 1 aromatic heterocycles. The van der Waals surface area contributed by atoms with E-state index in [0.717, 1.165) is 18.7 Å². The summed E-state index contributed by atoms with van der Waals surface area (Å²) < 4.78 is 0. The van der Waals surface area contributed by atoms with Crippen LogP contribution >= 0.6 is 0 Å². The predicted octanol–water partition coefficient (Wildman–Crippen LogP) is 1.14. The molecule has 4 nitrogen and oxygen atoms in total. The van der Waals surface area contributed by atoms with Gasteiger partial charge in [0.05, 0.1) is 6.42 Å². The van der Waals surface area contributed by atoms with Gasteiger partial charge in [-0.25, -0.2) is 0 Å². The molecule has 94 valence electrons. The zero-order valence-corrected chi connectivity index (χ0v) is 10.6. The van der Waals surface area contributed by atoms with Crippen LogP contribution in [0, 0.1) is 5.41 Å². The van der Waals surface area contributed by atoms with Crippen molar-refractivity contribution in [2.75, 3.05) is 13.1 Å². The number of carbonyl (C=O) groups is 1. The first-order valence-electron chi connectivity index (χ1n) is 6.15. The van der Waals surface area contributed by atoms with Gasteiger partial charge in [0.15, 0.2) is 0 Å². The third kappa shape index (κ3) is 2.69. The van der Waals surface area contributed by atoms with E-state index in [1.165, 1.54) is 0 Å². The zero-order valence-electron chi connectivity index (χ0n) is 10.6. The summed E-state index contributed by atoms with van der Waals surface area (Å²) in [6.07, 6.45) is 3.26. The van der Waals surface area contributed by atoms with Crippen LogP contribution in [0.1, 0.15) is 26.0 Å². The third-order valence-corrected chi connectivity index (χ3v) is 3.80. The van der Waals surface area contributed by atoms with Crippen LogP contribution in [0.25, 0.3) is 0 Å². The first-order chi connectivity index (χ1) is 7.99. The maximum Gasteiger partial charge on any atom is 0.228 e. The molecule has 1 fully saturated rings. The Hall–Kier alpha value is -1.29. The highest BCUT2D eigenvalue weighted by atomic mass is 16.2. The molecule has 0 aliphatic carbocycles. The molecule has 1 aromatic rings. The molecule has 17 heavy (non-hydrogen) atoms. The molecular weight excluding hydrogens is 214 g/mol. The third-order valence-electron chi connectivity index (χ3n) is 3.80. The van der Waals surface area contributed by atoms with Gasteiger partial charge in [0.1, 0.15) is 0 Å². The molecule has 0 spiro atoms. The van der Waals surface area contributed by atoms with Gasteiger partial charge >= 0.3 is 0 Å². The lowest BCUT2D eigenvalue weighted by Crippen LogP contribution is -2.54. The Morgan fingerprint density at radius 1 is 1.65 bits per heavy atom. The van der Waals surface area contributed by atoms with E-state index in [4.69, 9.17) is 5.73 Å². The van der Waals surface area contributed by atoms with Crippen molar-refractivity contribution in [1.82, 2.24) is 9.88 Å². The summed E-state index contributed by atoms with van der Waals surface area (Å²) in [7, 11) is 0. The summed E-state index contributed by atoms with van der Waals surface area (Å²) in [5.41, 5.74) is 7.22.